The summed E-state index contributed by atoms with van der Waals surface area (Å²) in [6, 6.07) is 6.73. The molecule has 0 unspecified atom stereocenters. The van der Waals surface area contributed by atoms with Gasteiger partial charge in [-0.15, -0.1) is 11.3 Å². The zero-order valence-electron chi connectivity index (χ0n) is 9.83. The van der Waals surface area contributed by atoms with Crippen molar-refractivity contribution >= 4 is 22.4 Å². The summed E-state index contributed by atoms with van der Waals surface area (Å²) < 4.78 is 0. The van der Waals surface area contributed by atoms with E-state index >= 15 is 0 Å². The normalized spacial score (nSPS) is 10.3. The molecule has 0 saturated carbocycles. The third kappa shape index (κ3) is 2.78. The molecule has 0 aliphatic heterocycles. The van der Waals surface area contributed by atoms with E-state index in [9.17, 15) is 9.90 Å². The molecule has 2 rings (SSSR count). The predicted molar refractivity (Wildman–Crippen MR) is 70.4 cm³/mol. The highest BCUT2D eigenvalue weighted by molar-refractivity contribution is 7.13. The lowest BCUT2D eigenvalue weighted by molar-refractivity contribution is 0.0780. The van der Waals surface area contributed by atoms with Crippen molar-refractivity contribution in [3.63, 3.8) is 0 Å². The minimum absolute atomic E-state index is 0.170. The first-order valence-electron chi connectivity index (χ1n) is 5.30. The van der Waals surface area contributed by atoms with Gasteiger partial charge in [-0.1, -0.05) is 12.1 Å². The molecule has 0 radical (unpaired) electrons. The van der Waals surface area contributed by atoms with E-state index in [0.29, 0.717) is 17.4 Å². The monoisotopic (exact) mass is 263 g/mol. The van der Waals surface area contributed by atoms with Crippen LogP contribution in [0, 0.1) is 0 Å². The Morgan fingerprint density at radius 2 is 2.11 bits per heavy atom. The molecule has 1 aromatic heterocycles. The van der Waals surface area contributed by atoms with Crippen LogP contribution in [0.15, 0.2) is 29.6 Å². The Labute approximate surface area is 108 Å². The number of amides is 1. The number of nitrogens with two attached hydrogens (primary N) is 1. The van der Waals surface area contributed by atoms with Crippen LogP contribution in [-0.4, -0.2) is 27.9 Å². The Morgan fingerprint density at radius 1 is 1.44 bits per heavy atom. The van der Waals surface area contributed by atoms with Gasteiger partial charge in [-0.25, -0.2) is 4.98 Å². The topological polar surface area (TPSA) is 79.5 Å². The molecule has 3 N–H and O–H groups in total. The summed E-state index contributed by atoms with van der Waals surface area (Å²) in [6.07, 6.45) is 0. The molecule has 0 aliphatic rings. The van der Waals surface area contributed by atoms with E-state index < -0.39 is 0 Å². The second-order valence-electron chi connectivity index (χ2n) is 3.90. The molecule has 0 bridgehead atoms. The summed E-state index contributed by atoms with van der Waals surface area (Å²) in [4.78, 5) is 17.5. The predicted octanol–water partition coefficient (Wildman–Crippen LogP) is 1.70. The van der Waals surface area contributed by atoms with Crippen LogP contribution in [-0.2, 0) is 6.54 Å². The van der Waals surface area contributed by atoms with Gasteiger partial charge in [0.15, 0.2) is 5.13 Å². The molecule has 18 heavy (non-hydrogen) atoms. The Morgan fingerprint density at radius 3 is 2.67 bits per heavy atom. The van der Waals surface area contributed by atoms with Crippen LogP contribution in [0.5, 0.6) is 5.75 Å². The summed E-state index contributed by atoms with van der Waals surface area (Å²) in [5, 5.41) is 11.2. The maximum absolute atomic E-state index is 12.0. The summed E-state index contributed by atoms with van der Waals surface area (Å²) in [5.41, 5.74) is 6.79. The molecule has 2 aromatic rings. The molecule has 0 atom stereocenters. The van der Waals surface area contributed by atoms with Crippen LogP contribution in [0.4, 0.5) is 5.13 Å². The minimum Gasteiger partial charge on any atom is -0.508 e. The van der Waals surface area contributed by atoms with E-state index in [2.05, 4.69) is 4.98 Å². The SMILES string of the molecule is CN(Cc1ccc(O)cc1)C(=O)c1csc(N)n1. The maximum atomic E-state index is 12.0. The number of anilines is 1. The lowest BCUT2D eigenvalue weighted by Gasteiger charge is -2.15. The number of benzene rings is 1. The molecule has 0 spiro atoms. The average molecular weight is 263 g/mol. The Hall–Kier alpha value is -2.08. The first-order valence-corrected chi connectivity index (χ1v) is 6.18. The van der Waals surface area contributed by atoms with Crippen LogP contribution in [0.2, 0.25) is 0 Å². The summed E-state index contributed by atoms with van der Waals surface area (Å²) in [7, 11) is 1.70. The van der Waals surface area contributed by atoms with Crippen LogP contribution in [0.25, 0.3) is 0 Å². The molecule has 0 fully saturated rings. The second-order valence-corrected chi connectivity index (χ2v) is 4.79. The molecule has 6 heteroatoms. The molecule has 0 aliphatic carbocycles. The van der Waals surface area contributed by atoms with E-state index in [1.54, 1.807) is 41.6 Å². The van der Waals surface area contributed by atoms with Crippen molar-refractivity contribution in [3.8, 4) is 5.75 Å². The van der Waals surface area contributed by atoms with Crippen LogP contribution < -0.4 is 5.73 Å². The number of carbonyl (C=O) groups excluding carboxylic acids is 1. The summed E-state index contributed by atoms with van der Waals surface area (Å²) in [6.45, 7) is 0.455. The van der Waals surface area contributed by atoms with Gasteiger partial charge in [0.2, 0.25) is 0 Å². The van der Waals surface area contributed by atoms with Crippen molar-refractivity contribution in [2.45, 2.75) is 6.54 Å². The smallest absolute Gasteiger partial charge is 0.273 e. The van der Waals surface area contributed by atoms with Crippen molar-refractivity contribution in [3.05, 3.63) is 40.9 Å². The first-order chi connectivity index (χ1) is 8.56. The molecule has 0 saturated heterocycles. The van der Waals surface area contributed by atoms with Crippen LogP contribution in [0.3, 0.4) is 0 Å². The summed E-state index contributed by atoms with van der Waals surface area (Å²) in [5.74, 6) is 0.0380. The number of nitrogen functional groups attached to an aromatic ring is 1. The lowest BCUT2D eigenvalue weighted by Crippen LogP contribution is -2.26. The zero-order valence-corrected chi connectivity index (χ0v) is 10.6. The van der Waals surface area contributed by atoms with Crippen LogP contribution in [0.1, 0.15) is 16.1 Å². The number of hydrogen-bond donors (Lipinski definition) is 2. The Kier molecular flexibility index (Phi) is 3.47. The molecular formula is C12H13N3O2S. The van der Waals surface area contributed by atoms with Gasteiger partial charge < -0.3 is 15.7 Å². The number of rotatable bonds is 3. The highest BCUT2D eigenvalue weighted by Crippen LogP contribution is 2.15. The highest BCUT2D eigenvalue weighted by atomic mass is 32.1. The van der Waals surface area contributed by atoms with Gasteiger partial charge in [-0.2, -0.15) is 0 Å². The van der Waals surface area contributed by atoms with Gasteiger partial charge in [0.25, 0.3) is 5.91 Å². The first kappa shape index (κ1) is 12.4. The average Bonchev–Trinajstić information content (AvgIpc) is 2.78. The number of thiazole rings is 1. The number of nitrogens with zero attached hydrogens (tertiary/aromatic N) is 2. The fourth-order valence-electron chi connectivity index (χ4n) is 1.53. The van der Waals surface area contributed by atoms with Gasteiger partial charge in [-0.05, 0) is 17.7 Å². The van der Waals surface area contributed by atoms with Gasteiger partial charge >= 0.3 is 0 Å². The zero-order chi connectivity index (χ0) is 13.1. The summed E-state index contributed by atoms with van der Waals surface area (Å²) >= 11 is 1.24. The van der Waals surface area contributed by atoms with Gasteiger partial charge in [0.1, 0.15) is 11.4 Å². The van der Waals surface area contributed by atoms with E-state index in [0.717, 1.165) is 5.56 Å². The van der Waals surface area contributed by atoms with Crippen molar-refractivity contribution in [2.24, 2.45) is 0 Å². The van der Waals surface area contributed by atoms with Crippen molar-refractivity contribution < 1.29 is 9.90 Å². The van der Waals surface area contributed by atoms with E-state index in [-0.39, 0.29) is 11.7 Å². The molecule has 1 aromatic carbocycles. The third-order valence-corrected chi connectivity index (χ3v) is 3.12. The van der Waals surface area contributed by atoms with Crippen molar-refractivity contribution in [2.75, 3.05) is 12.8 Å². The largest absolute Gasteiger partial charge is 0.508 e. The second kappa shape index (κ2) is 5.05. The van der Waals surface area contributed by atoms with Gasteiger partial charge in [0.05, 0.1) is 0 Å². The molecule has 1 heterocycles. The Bertz CT molecular complexity index is 551. The quantitative estimate of drug-likeness (QED) is 0.883. The van der Waals surface area contributed by atoms with Crippen molar-refractivity contribution in [1.29, 1.82) is 0 Å². The van der Waals surface area contributed by atoms with E-state index in [1.807, 2.05) is 0 Å². The van der Waals surface area contributed by atoms with Gasteiger partial charge in [-0.3, -0.25) is 4.79 Å². The van der Waals surface area contributed by atoms with Gasteiger partial charge in [0, 0.05) is 19.0 Å². The number of phenols is 1. The molecule has 5 nitrogen and oxygen atoms in total. The molecule has 94 valence electrons. The third-order valence-electron chi connectivity index (χ3n) is 2.44. The lowest BCUT2D eigenvalue weighted by atomic mass is 10.2. The molecule has 1 amide bonds. The van der Waals surface area contributed by atoms with E-state index in [4.69, 9.17) is 5.73 Å². The van der Waals surface area contributed by atoms with Crippen molar-refractivity contribution in [1.82, 2.24) is 9.88 Å². The highest BCUT2D eigenvalue weighted by Gasteiger charge is 2.14. The number of carbonyl (C=O) groups is 1. The maximum Gasteiger partial charge on any atom is 0.273 e. The van der Waals surface area contributed by atoms with E-state index in [1.165, 1.54) is 11.3 Å². The number of phenolic OH excluding ortho intramolecular Hbond substituents is 1. The minimum atomic E-state index is -0.170. The fourth-order valence-corrected chi connectivity index (χ4v) is 2.07. The fraction of sp³-hybridized carbons (Fsp3) is 0.167. The number of aromatic nitrogens is 1. The molecular weight excluding hydrogens is 250 g/mol. The van der Waals surface area contributed by atoms with Crippen LogP contribution >= 0.6 is 11.3 Å². The Balaban J connectivity index is 2.05. The number of aromatic hydroxyl groups is 1. The number of hydrogen-bond acceptors (Lipinski definition) is 5. The standard InChI is InChI=1S/C12H13N3O2S/c1-15(6-8-2-4-9(16)5-3-8)11(17)10-7-18-12(13)14-10/h2-5,7,16H,6H2,1H3,(H2,13,14).